The van der Waals surface area contributed by atoms with Crippen LogP contribution in [0.25, 0.3) is 10.2 Å². The van der Waals surface area contributed by atoms with Crippen LogP contribution in [-0.2, 0) is 4.74 Å². The van der Waals surface area contributed by atoms with Gasteiger partial charge < -0.3 is 9.47 Å². The molecule has 158 valence electrons. The number of carbonyl (C=O) groups is 1. The Morgan fingerprint density at radius 1 is 1.23 bits per heavy atom. The highest BCUT2D eigenvalue weighted by molar-refractivity contribution is 7.22. The first-order valence-corrected chi connectivity index (χ1v) is 11.1. The van der Waals surface area contributed by atoms with Gasteiger partial charge >= 0.3 is 0 Å². The van der Waals surface area contributed by atoms with Gasteiger partial charge in [-0.15, -0.1) is 0 Å². The first kappa shape index (κ1) is 21.1. The minimum absolute atomic E-state index is 0.0753. The minimum atomic E-state index is -0.0753. The Kier molecular flexibility index (Phi) is 6.53. The molecule has 1 aliphatic rings. The number of carbonyl (C=O) groups excluding carboxylic acids is 1. The van der Waals surface area contributed by atoms with Crippen molar-refractivity contribution >= 4 is 44.2 Å². The molecule has 1 amide bonds. The Morgan fingerprint density at radius 2 is 1.97 bits per heavy atom. The predicted octanol–water partition coefficient (Wildman–Crippen LogP) is 4.25. The predicted molar refractivity (Wildman–Crippen MR) is 121 cm³/mol. The van der Waals surface area contributed by atoms with E-state index in [2.05, 4.69) is 4.90 Å². The molecule has 1 aliphatic heterocycles. The number of benzene rings is 2. The molecule has 3 aromatic rings. The average Bonchev–Trinajstić information content (AvgIpc) is 3.22. The maximum atomic E-state index is 13.4. The summed E-state index contributed by atoms with van der Waals surface area (Å²) in [5, 5.41) is 1.37. The van der Waals surface area contributed by atoms with E-state index in [1.54, 1.807) is 36.3 Å². The van der Waals surface area contributed by atoms with Crippen molar-refractivity contribution in [2.24, 2.45) is 0 Å². The molecular formula is C22H24ClN3O3S. The van der Waals surface area contributed by atoms with Crippen molar-refractivity contribution in [2.75, 3.05) is 51.4 Å². The lowest BCUT2D eigenvalue weighted by atomic mass is 10.2. The fourth-order valence-electron chi connectivity index (χ4n) is 3.44. The van der Waals surface area contributed by atoms with Crippen molar-refractivity contribution in [3.8, 4) is 5.75 Å². The number of thiazole rings is 1. The number of amides is 1. The molecule has 8 heteroatoms. The molecule has 0 unspecified atom stereocenters. The van der Waals surface area contributed by atoms with E-state index in [-0.39, 0.29) is 5.91 Å². The third-order valence-electron chi connectivity index (χ3n) is 5.29. The normalized spacial score (nSPS) is 14.8. The molecule has 0 radical (unpaired) electrons. The smallest absolute Gasteiger partial charge is 0.260 e. The number of rotatable bonds is 6. The Hall–Kier alpha value is -2.19. The fourth-order valence-corrected chi connectivity index (χ4v) is 4.65. The largest absolute Gasteiger partial charge is 0.497 e. The van der Waals surface area contributed by atoms with Gasteiger partial charge in [0.15, 0.2) is 5.13 Å². The van der Waals surface area contributed by atoms with Crippen molar-refractivity contribution < 1.29 is 14.3 Å². The molecular weight excluding hydrogens is 422 g/mol. The molecule has 1 aromatic heterocycles. The summed E-state index contributed by atoms with van der Waals surface area (Å²) in [4.78, 5) is 22.3. The summed E-state index contributed by atoms with van der Waals surface area (Å²) >= 11 is 7.79. The number of methoxy groups -OCH3 is 1. The molecule has 1 saturated heterocycles. The second-order valence-corrected chi connectivity index (χ2v) is 8.57. The number of hydrogen-bond donors (Lipinski definition) is 0. The number of aryl methyl sites for hydroxylation is 1. The summed E-state index contributed by atoms with van der Waals surface area (Å²) in [7, 11) is 1.61. The molecule has 2 heterocycles. The summed E-state index contributed by atoms with van der Waals surface area (Å²) in [5.41, 5.74) is 2.38. The van der Waals surface area contributed by atoms with E-state index in [9.17, 15) is 4.79 Å². The molecule has 0 aliphatic carbocycles. The highest BCUT2D eigenvalue weighted by Gasteiger charge is 2.23. The van der Waals surface area contributed by atoms with E-state index in [0.717, 1.165) is 54.4 Å². The van der Waals surface area contributed by atoms with Crippen LogP contribution in [-0.4, -0.2) is 62.3 Å². The zero-order valence-electron chi connectivity index (χ0n) is 17.1. The first-order valence-electron chi connectivity index (χ1n) is 9.88. The van der Waals surface area contributed by atoms with Crippen LogP contribution in [0.3, 0.4) is 0 Å². The van der Waals surface area contributed by atoms with Crippen LogP contribution in [0.4, 0.5) is 5.13 Å². The van der Waals surface area contributed by atoms with Crippen molar-refractivity contribution in [3.05, 3.63) is 52.5 Å². The number of aromatic nitrogens is 1. The lowest BCUT2D eigenvalue weighted by molar-refractivity contribution is 0.0391. The lowest BCUT2D eigenvalue weighted by Gasteiger charge is -2.29. The van der Waals surface area contributed by atoms with Gasteiger partial charge in [-0.25, -0.2) is 4.98 Å². The van der Waals surface area contributed by atoms with Gasteiger partial charge in [-0.1, -0.05) is 22.9 Å². The van der Waals surface area contributed by atoms with Crippen molar-refractivity contribution in [1.29, 1.82) is 0 Å². The van der Waals surface area contributed by atoms with Crippen LogP contribution in [0.5, 0.6) is 5.75 Å². The van der Waals surface area contributed by atoms with Gasteiger partial charge in [0, 0.05) is 36.8 Å². The third-order valence-corrected chi connectivity index (χ3v) is 6.75. The average molecular weight is 446 g/mol. The maximum absolute atomic E-state index is 13.4. The molecule has 30 heavy (non-hydrogen) atoms. The maximum Gasteiger partial charge on any atom is 0.260 e. The lowest BCUT2D eigenvalue weighted by Crippen LogP contribution is -2.43. The summed E-state index contributed by atoms with van der Waals surface area (Å²) < 4.78 is 11.7. The molecule has 1 fully saturated rings. The number of nitrogens with zero attached hydrogens (tertiary/aromatic N) is 3. The molecule has 4 rings (SSSR count). The Balaban J connectivity index is 1.65. The molecule has 0 spiro atoms. The fraction of sp³-hybridized carbons (Fsp3) is 0.364. The standard InChI is InChI=1S/C22H24ClN3O3S/c1-15-18(23)7-8-19-20(15)24-22(30-19)26(10-9-25-11-13-29-14-12-25)21(27)16-3-5-17(28-2)6-4-16/h3-8H,9-14H2,1-2H3. The topological polar surface area (TPSA) is 54.9 Å². The number of fused-ring (bicyclic) bond motifs is 1. The molecule has 0 saturated carbocycles. The van der Waals surface area contributed by atoms with Gasteiger partial charge in [-0.2, -0.15) is 0 Å². The Bertz CT molecular complexity index is 1030. The van der Waals surface area contributed by atoms with Crippen LogP contribution in [0.15, 0.2) is 36.4 Å². The summed E-state index contributed by atoms with van der Waals surface area (Å²) in [6.45, 7) is 6.48. The number of halogens is 1. The van der Waals surface area contributed by atoms with E-state index in [4.69, 9.17) is 26.1 Å². The molecule has 6 nitrogen and oxygen atoms in total. The monoisotopic (exact) mass is 445 g/mol. The van der Waals surface area contributed by atoms with Crippen LogP contribution < -0.4 is 9.64 Å². The van der Waals surface area contributed by atoms with Gasteiger partial charge in [-0.05, 0) is 48.9 Å². The van der Waals surface area contributed by atoms with Crippen molar-refractivity contribution in [2.45, 2.75) is 6.92 Å². The van der Waals surface area contributed by atoms with Crippen molar-refractivity contribution in [3.63, 3.8) is 0 Å². The minimum Gasteiger partial charge on any atom is -0.497 e. The molecule has 0 atom stereocenters. The quantitative estimate of drug-likeness (QED) is 0.567. The van der Waals surface area contributed by atoms with Gasteiger partial charge in [0.05, 0.1) is 30.5 Å². The Morgan fingerprint density at radius 3 is 2.67 bits per heavy atom. The van der Waals surface area contributed by atoms with Crippen LogP contribution >= 0.6 is 22.9 Å². The van der Waals surface area contributed by atoms with Crippen LogP contribution in [0, 0.1) is 6.92 Å². The van der Waals surface area contributed by atoms with E-state index in [0.29, 0.717) is 22.3 Å². The van der Waals surface area contributed by atoms with Gasteiger partial charge in [0.1, 0.15) is 5.75 Å². The summed E-state index contributed by atoms with van der Waals surface area (Å²) in [6.07, 6.45) is 0. The zero-order chi connectivity index (χ0) is 21.1. The van der Waals surface area contributed by atoms with Gasteiger partial charge in [-0.3, -0.25) is 14.6 Å². The van der Waals surface area contributed by atoms with E-state index >= 15 is 0 Å². The summed E-state index contributed by atoms with van der Waals surface area (Å²) in [6, 6.07) is 11.0. The number of ether oxygens (including phenoxy) is 2. The van der Waals surface area contributed by atoms with E-state index in [1.807, 2.05) is 19.1 Å². The summed E-state index contributed by atoms with van der Waals surface area (Å²) in [5.74, 6) is 0.644. The zero-order valence-corrected chi connectivity index (χ0v) is 18.6. The van der Waals surface area contributed by atoms with Gasteiger partial charge in [0.2, 0.25) is 0 Å². The highest BCUT2D eigenvalue weighted by Crippen LogP contribution is 2.34. The number of anilines is 1. The van der Waals surface area contributed by atoms with Crippen LogP contribution in [0.1, 0.15) is 15.9 Å². The molecule has 0 bridgehead atoms. The second kappa shape index (κ2) is 9.31. The van der Waals surface area contributed by atoms with E-state index < -0.39 is 0 Å². The SMILES string of the molecule is COc1ccc(C(=O)N(CCN2CCOCC2)c2nc3c(C)c(Cl)ccc3s2)cc1. The number of hydrogen-bond acceptors (Lipinski definition) is 6. The third kappa shape index (κ3) is 4.44. The van der Waals surface area contributed by atoms with Gasteiger partial charge in [0.25, 0.3) is 5.91 Å². The van der Waals surface area contributed by atoms with Crippen LogP contribution in [0.2, 0.25) is 5.02 Å². The highest BCUT2D eigenvalue weighted by atomic mass is 35.5. The van der Waals surface area contributed by atoms with Crippen molar-refractivity contribution in [1.82, 2.24) is 9.88 Å². The Labute approximate surface area is 185 Å². The molecule has 2 aromatic carbocycles. The second-order valence-electron chi connectivity index (χ2n) is 7.15. The van der Waals surface area contributed by atoms with E-state index in [1.165, 1.54) is 11.3 Å². The first-order chi connectivity index (χ1) is 14.6. The molecule has 0 N–H and O–H groups in total. The number of morpholine rings is 1.